The molecule has 1 amide bonds. The van der Waals surface area contributed by atoms with E-state index < -0.39 is 0 Å². The predicted octanol–water partition coefficient (Wildman–Crippen LogP) is 4.73. The number of anilines is 1. The van der Waals surface area contributed by atoms with Crippen molar-refractivity contribution >= 4 is 23.1 Å². The summed E-state index contributed by atoms with van der Waals surface area (Å²) in [6.45, 7) is 3.91. The summed E-state index contributed by atoms with van der Waals surface area (Å²) >= 11 is 1.64. The standard InChI is InChI=1S/C20H16N4O2S/c1-12-10-21-7-5-15(12)20(25)24-19-4-3-14(11-22-19)16-9-18(27-13(16)2)17-6-8-23-26-17/h3-11H,1-2H3,(H,22,24,25). The monoisotopic (exact) mass is 376 g/mol. The first kappa shape index (κ1) is 17.1. The zero-order valence-electron chi connectivity index (χ0n) is 14.8. The summed E-state index contributed by atoms with van der Waals surface area (Å²) in [7, 11) is 0. The fraction of sp³-hybridized carbons (Fsp3) is 0.100. The minimum absolute atomic E-state index is 0.200. The van der Waals surface area contributed by atoms with Gasteiger partial charge < -0.3 is 9.84 Å². The molecule has 0 bridgehead atoms. The number of rotatable bonds is 4. The first-order chi connectivity index (χ1) is 13.1. The molecule has 0 aliphatic carbocycles. The van der Waals surface area contributed by atoms with Crippen molar-refractivity contribution in [1.82, 2.24) is 15.1 Å². The molecule has 0 saturated carbocycles. The van der Waals surface area contributed by atoms with Crippen molar-refractivity contribution in [3.8, 4) is 21.8 Å². The normalized spacial score (nSPS) is 10.7. The summed E-state index contributed by atoms with van der Waals surface area (Å²) in [6, 6.07) is 9.35. The molecule has 4 heterocycles. The number of aromatic nitrogens is 3. The van der Waals surface area contributed by atoms with Gasteiger partial charge in [-0.2, -0.15) is 0 Å². The number of carbonyl (C=O) groups excluding carboxylic acids is 1. The molecular weight excluding hydrogens is 360 g/mol. The number of hydrogen-bond donors (Lipinski definition) is 1. The van der Waals surface area contributed by atoms with Crippen LogP contribution in [0, 0.1) is 13.8 Å². The number of aryl methyl sites for hydroxylation is 2. The van der Waals surface area contributed by atoms with Crippen LogP contribution in [0.25, 0.3) is 21.8 Å². The molecule has 134 valence electrons. The average Bonchev–Trinajstić information content (AvgIpc) is 3.32. The van der Waals surface area contributed by atoms with Gasteiger partial charge in [-0.1, -0.05) is 5.16 Å². The van der Waals surface area contributed by atoms with E-state index in [1.807, 2.05) is 19.1 Å². The molecular formula is C20H16N4O2S. The highest BCUT2D eigenvalue weighted by molar-refractivity contribution is 7.15. The lowest BCUT2D eigenvalue weighted by Gasteiger charge is -2.07. The molecule has 0 aliphatic heterocycles. The van der Waals surface area contributed by atoms with Crippen molar-refractivity contribution < 1.29 is 9.32 Å². The molecule has 27 heavy (non-hydrogen) atoms. The van der Waals surface area contributed by atoms with Crippen molar-refractivity contribution in [3.05, 3.63) is 71.1 Å². The second-order valence-electron chi connectivity index (χ2n) is 6.03. The average molecular weight is 376 g/mol. The second-order valence-corrected chi connectivity index (χ2v) is 7.29. The number of nitrogens with zero attached hydrogens (tertiary/aromatic N) is 3. The minimum Gasteiger partial charge on any atom is -0.355 e. The summed E-state index contributed by atoms with van der Waals surface area (Å²) in [5.41, 5.74) is 3.47. The highest BCUT2D eigenvalue weighted by Crippen LogP contribution is 2.36. The molecule has 1 N–H and O–H groups in total. The van der Waals surface area contributed by atoms with Gasteiger partial charge in [-0.3, -0.25) is 9.78 Å². The van der Waals surface area contributed by atoms with Gasteiger partial charge in [0, 0.05) is 40.7 Å². The van der Waals surface area contributed by atoms with Gasteiger partial charge in [0.25, 0.3) is 5.91 Å². The number of pyridine rings is 2. The molecule has 0 spiro atoms. The van der Waals surface area contributed by atoms with Gasteiger partial charge >= 0.3 is 0 Å². The highest BCUT2D eigenvalue weighted by atomic mass is 32.1. The summed E-state index contributed by atoms with van der Waals surface area (Å²) < 4.78 is 5.23. The fourth-order valence-corrected chi connectivity index (χ4v) is 3.77. The molecule has 0 atom stereocenters. The summed E-state index contributed by atoms with van der Waals surface area (Å²) in [5.74, 6) is 1.05. The Hall–Kier alpha value is -3.32. The Morgan fingerprint density at radius 1 is 1.11 bits per heavy atom. The van der Waals surface area contributed by atoms with Gasteiger partial charge in [-0.05, 0) is 49.2 Å². The van der Waals surface area contributed by atoms with Gasteiger partial charge in [0.15, 0.2) is 5.76 Å². The molecule has 0 unspecified atom stereocenters. The second kappa shape index (κ2) is 7.13. The lowest BCUT2D eigenvalue weighted by molar-refractivity contribution is 0.102. The third-order valence-electron chi connectivity index (χ3n) is 4.18. The third kappa shape index (κ3) is 3.50. The van der Waals surface area contributed by atoms with Crippen LogP contribution in [0.4, 0.5) is 5.82 Å². The van der Waals surface area contributed by atoms with Crippen LogP contribution in [-0.2, 0) is 0 Å². The van der Waals surface area contributed by atoms with Crippen LogP contribution in [-0.4, -0.2) is 21.0 Å². The molecule has 4 rings (SSSR count). The van der Waals surface area contributed by atoms with Crippen LogP contribution in [0.2, 0.25) is 0 Å². The summed E-state index contributed by atoms with van der Waals surface area (Å²) in [6.07, 6.45) is 6.66. The molecule has 4 aromatic heterocycles. The topological polar surface area (TPSA) is 80.9 Å². The first-order valence-electron chi connectivity index (χ1n) is 8.31. The quantitative estimate of drug-likeness (QED) is 0.557. The van der Waals surface area contributed by atoms with Crippen LogP contribution < -0.4 is 5.32 Å². The van der Waals surface area contributed by atoms with Gasteiger partial charge in [-0.15, -0.1) is 11.3 Å². The molecule has 0 fully saturated rings. The maximum atomic E-state index is 12.4. The van der Waals surface area contributed by atoms with E-state index in [1.54, 1.807) is 48.3 Å². The van der Waals surface area contributed by atoms with Crippen LogP contribution in [0.5, 0.6) is 0 Å². The number of carbonyl (C=O) groups is 1. The Kier molecular flexibility index (Phi) is 4.52. The summed E-state index contributed by atoms with van der Waals surface area (Å²) in [5, 5.41) is 6.58. The van der Waals surface area contributed by atoms with Gasteiger partial charge in [-0.25, -0.2) is 4.98 Å². The Morgan fingerprint density at radius 3 is 2.70 bits per heavy atom. The Bertz CT molecular complexity index is 1090. The van der Waals surface area contributed by atoms with E-state index in [2.05, 4.69) is 33.4 Å². The van der Waals surface area contributed by atoms with Crippen LogP contribution >= 0.6 is 11.3 Å². The lowest BCUT2D eigenvalue weighted by Crippen LogP contribution is -2.14. The van der Waals surface area contributed by atoms with Crippen molar-refractivity contribution in [2.45, 2.75) is 13.8 Å². The fourth-order valence-electron chi connectivity index (χ4n) is 2.77. The highest BCUT2D eigenvalue weighted by Gasteiger charge is 2.13. The number of nitrogens with one attached hydrogen (secondary N) is 1. The van der Waals surface area contributed by atoms with E-state index in [0.717, 1.165) is 32.2 Å². The number of thiophene rings is 1. The van der Waals surface area contributed by atoms with Gasteiger partial charge in [0.1, 0.15) is 5.82 Å². The number of amides is 1. The van der Waals surface area contributed by atoms with Crippen LogP contribution in [0.3, 0.4) is 0 Å². The van der Waals surface area contributed by atoms with Crippen molar-refractivity contribution in [3.63, 3.8) is 0 Å². The van der Waals surface area contributed by atoms with E-state index in [1.165, 1.54) is 0 Å². The predicted molar refractivity (Wildman–Crippen MR) is 105 cm³/mol. The molecule has 0 saturated heterocycles. The van der Waals surface area contributed by atoms with Gasteiger partial charge in [0.2, 0.25) is 0 Å². The molecule has 0 radical (unpaired) electrons. The first-order valence-corrected chi connectivity index (χ1v) is 9.13. The Labute approximate surface area is 159 Å². The van der Waals surface area contributed by atoms with E-state index in [-0.39, 0.29) is 5.91 Å². The molecule has 6 nitrogen and oxygen atoms in total. The smallest absolute Gasteiger partial charge is 0.257 e. The van der Waals surface area contributed by atoms with E-state index in [0.29, 0.717) is 11.4 Å². The zero-order valence-corrected chi connectivity index (χ0v) is 15.6. The Morgan fingerprint density at radius 2 is 2.00 bits per heavy atom. The SMILES string of the molecule is Cc1cnccc1C(=O)Nc1ccc(-c2cc(-c3ccno3)sc2C)cn1. The van der Waals surface area contributed by atoms with E-state index in [9.17, 15) is 4.79 Å². The lowest BCUT2D eigenvalue weighted by atomic mass is 10.1. The third-order valence-corrected chi connectivity index (χ3v) is 5.24. The van der Waals surface area contributed by atoms with E-state index >= 15 is 0 Å². The molecule has 4 aromatic rings. The Balaban J connectivity index is 1.55. The minimum atomic E-state index is -0.200. The maximum Gasteiger partial charge on any atom is 0.257 e. The van der Waals surface area contributed by atoms with Crippen LogP contribution in [0.15, 0.2) is 59.6 Å². The van der Waals surface area contributed by atoms with Crippen molar-refractivity contribution in [2.75, 3.05) is 5.32 Å². The largest absolute Gasteiger partial charge is 0.355 e. The van der Waals surface area contributed by atoms with Crippen molar-refractivity contribution in [2.24, 2.45) is 0 Å². The molecule has 0 aliphatic rings. The van der Waals surface area contributed by atoms with E-state index in [4.69, 9.17) is 4.52 Å². The van der Waals surface area contributed by atoms with Gasteiger partial charge in [0.05, 0.1) is 11.1 Å². The maximum absolute atomic E-state index is 12.4. The summed E-state index contributed by atoms with van der Waals surface area (Å²) in [4.78, 5) is 23.0. The molecule has 0 aromatic carbocycles. The van der Waals surface area contributed by atoms with Crippen molar-refractivity contribution in [1.29, 1.82) is 0 Å². The van der Waals surface area contributed by atoms with Crippen LogP contribution in [0.1, 0.15) is 20.8 Å². The number of hydrogen-bond acceptors (Lipinski definition) is 6. The zero-order chi connectivity index (χ0) is 18.8. The molecule has 7 heteroatoms.